The number of hydrogen-bond donors (Lipinski definition) is 0. The van der Waals surface area contributed by atoms with E-state index < -0.39 is 11.9 Å². The van der Waals surface area contributed by atoms with Gasteiger partial charge in [0.1, 0.15) is 0 Å². The van der Waals surface area contributed by atoms with Gasteiger partial charge in [-0.3, -0.25) is 0 Å². The van der Waals surface area contributed by atoms with E-state index in [0.29, 0.717) is 31.1 Å². The highest BCUT2D eigenvalue weighted by atomic mass is 16.5. The quantitative estimate of drug-likeness (QED) is 0.508. The van der Waals surface area contributed by atoms with E-state index in [-0.39, 0.29) is 0 Å². The zero-order chi connectivity index (χ0) is 13.3. The van der Waals surface area contributed by atoms with Gasteiger partial charge in [0, 0.05) is 11.6 Å². The van der Waals surface area contributed by atoms with Gasteiger partial charge in [0.2, 0.25) is 0 Å². The lowest BCUT2D eigenvalue weighted by molar-refractivity contribution is -0.141. The van der Waals surface area contributed by atoms with Crippen LogP contribution in [-0.2, 0) is 19.1 Å². The third kappa shape index (κ3) is 7.55. The predicted molar refractivity (Wildman–Crippen MR) is 65.4 cm³/mol. The summed E-state index contributed by atoms with van der Waals surface area (Å²) in [5.41, 5.74) is 0.388. The molecule has 0 atom stereocenters. The molecule has 0 aromatic carbocycles. The monoisotopic (exact) mass is 242 g/mol. The predicted octanol–water partition coefficient (Wildman–Crippen LogP) is 2.48. The van der Waals surface area contributed by atoms with Crippen LogP contribution in [0.1, 0.15) is 40.5 Å². The van der Waals surface area contributed by atoms with Crippen LogP contribution < -0.4 is 0 Å². The largest absolute Gasteiger partial charge is 0.463 e. The summed E-state index contributed by atoms with van der Waals surface area (Å²) in [6.07, 6.45) is 2.61. The third-order valence-electron chi connectivity index (χ3n) is 2.11. The van der Waals surface area contributed by atoms with Crippen molar-refractivity contribution in [3.63, 3.8) is 0 Å². The molecule has 0 saturated heterocycles. The molecule has 98 valence electrons. The highest BCUT2D eigenvalue weighted by Crippen LogP contribution is 2.13. The molecule has 0 aliphatic heterocycles. The fourth-order valence-corrected chi connectivity index (χ4v) is 1.23. The second-order valence-corrected chi connectivity index (χ2v) is 4.07. The smallest absolute Gasteiger partial charge is 0.334 e. The summed E-state index contributed by atoms with van der Waals surface area (Å²) in [6, 6.07) is 0. The van der Waals surface area contributed by atoms with E-state index in [2.05, 4.69) is 13.8 Å². The maximum atomic E-state index is 11.6. The summed E-state index contributed by atoms with van der Waals surface area (Å²) in [7, 11) is 0. The van der Waals surface area contributed by atoms with Gasteiger partial charge in [0.15, 0.2) is 0 Å². The molecule has 0 spiro atoms. The molecule has 17 heavy (non-hydrogen) atoms. The van der Waals surface area contributed by atoms with Crippen molar-refractivity contribution in [1.29, 1.82) is 0 Å². The first kappa shape index (κ1) is 15.7. The summed E-state index contributed by atoms with van der Waals surface area (Å²) in [6.45, 7) is 8.20. The molecule has 0 aliphatic rings. The van der Waals surface area contributed by atoms with Crippen LogP contribution in [0.2, 0.25) is 0 Å². The molecule has 0 N–H and O–H groups in total. The van der Waals surface area contributed by atoms with Gasteiger partial charge in [0.25, 0.3) is 0 Å². The average molecular weight is 242 g/mol. The molecule has 0 fully saturated rings. The number of carbonyl (C=O) groups is 2. The number of ether oxygens (including phenoxy) is 2. The third-order valence-corrected chi connectivity index (χ3v) is 2.11. The van der Waals surface area contributed by atoms with Crippen LogP contribution in [0, 0.1) is 5.92 Å². The number of carbonyl (C=O) groups excluding carboxylic acids is 2. The van der Waals surface area contributed by atoms with E-state index in [4.69, 9.17) is 9.47 Å². The molecular formula is C13H22O4. The molecule has 0 rings (SSSR count). The number of rotatable bonds is 7. The van der Waals surface area contributed by atoms with E-state index in [1.165, 1.54) is 6.08 Å². The highest BCUT2D eigenvalue weighted by Gasteiger charge is 2.13. The van der Waals surface area contributed by atoms with Crippen molar-refractivity contribution in [3.8, 4) is 0 Å². The SMILES string of the molecule is CCOC(=O)/C=C(/CCC(C)C)C(=O)OCC. The van der Waals surface area contributed by atoms with Gasteiger partial charge in [-0.1, -0.05) is 13.8 Å². The molecule has 0 aromatic rings. The van der Waals surface area contributed by atoms with Crippen molar-refractivity contribution in [2.75, 3.05) is 13.2 Å². The minimum Gasteiger partial charge on any atom is -0.463 e. The van der Waals surface area contributed by atoms with Crippen LogP contribution in [0.4, 0.5) is 0 Å². The number of esters is 2. The van der Waals surface area contributed by atoms with Crippen molar-refractivity contribution in [3.05, 3.63) is 11.6 Å². The van der Waals surface area contributed by atoms with E-state index in [1.54, 1.807) is 13.8 Å². The molecule has 4 heteroatoms. The first-order valence-corrected chi connectivity index (χ1v) is 6.05. The summed E-state index contributed by atoms with van der Waals surface area (Å²) >= 11 is 0. The molecule has 0 unspecified atom stereocenters. The molecule has 0 amide bonds. The van der Waals surface area contributed by atoms with Crippen molar-refractivity contribution < 1.29 is 19.1 Å². The van der Waals surface area contributed by atoms with Crippen molar-refractivity contribution in [1.82, 2.24) is 0 Å². The van der Waals surface area contributed by atoms with E-state index >= 15 is 0 Å². The molecule has 0 radical (unpaired) electrons. The molecule has 0 aromatic heterocycles. The fraction of sp³-hybridized carbons (Fsp3) is 0.692. The molecule has 0 saturated carbocycles. The molecule has 0 aliphatic carbocycles. The van der Waals surface area contributed by atoms with Crippen LogP contribution in [0.25, 0.3) is 0 Å². The van der Waals surface area contributed by atoms with Gasteiger partial charge in [-0.05, 0) is 32.6 Å². The lowest BCUT2D eigenvalue weighted by Gasteiger charge is -2.08. The Balaban J connectivity index is 4.59. The topological polar surface area (TPSA) is 52.6 Å². The minimum atomic E-state index is -0.487. The van der Waals surface area contributed by atoms with Crippen molar-refractivity contribution in [2.45, 2.75) is 40.5 Å². The normalized spacial score (nSPS) is 11.5. The second kappa shape index (κ2) is 8.79. The van der Waals surface area contributed by atoms with Crippen molar-refractivity contribution >= 4 is 11.9 Å². The Labute approximate surface area is 103 Å². The van der Waals surface area contributed by atoms with Crippen LogP contribution in [0.5, 0.6) is 0 Å². The first-order chi connectivity index (χ1) is 8.01. The second-order valence-electron chi connectivity index (χ2n) is 4.07. The zero-order valence-electron chi connectivity index (χ0n) is 11.1. The minimum absolute atomic E-state index is 0.301. The van der Waals surface area contributed by atoms with E-state index in [0.717, 1.165) is 6.42 Å². The zero-order valence-corrected chi connectivity index (χ0v) is 11.1. The van der Waals surface area contributed by atoms with Crippen LogP contribution >= 0.6 is 0 Å². The van der Waals surface area contributed by atoms with Gasteiger partial charge in [-0.2, -0.15) is 0 Å². The summed E-state index contributed by atoms with van der Waals surface area (Å²) in [5, 5.41) is 0. The fourth-order valence-electron chi connectivity index (χ4n) is 1.23. The Bertz CT molecular complexity index is 279. The van der Waals surface area contributed by atoms with Gasteiger partial charge in [-0.15, -0.1) is 0 Å². The lowest BCUT2D eigenvalue weighted by Crippen LogP contribution is -2.11. The molecule has 4 nitrogen and oxygen atoms in total. The van der Waals surface area contributed by atoms with Gasteiger partial charge < -0.3 is 9.47 Å². The maximum absolute atomic E-state index is 11.6. The lowest BCUT2D eigenvalue weighted by atomic mass is 10.0. The van der Waals surface area contributed by atoms with Crippen molar-refractivity contribution in [2.24, 2.45) is 5.92 Å². The first-order valence-electron chi connectivity index (χ1n) is 6.05. The number of hydrogen-bond acceptors (Lipinski definition) is 4. The Kier molecular flexibility index (Phi) is 8.11. The summed E-state index contributed by atoms with van der Waals surface area (Å²) < 4.78 is 9.68. The molecular weight excluding hydrogens is 220 g/mol. The van der Waals surface area contributed by atoms with Gasteiger partial charge in [-0.25, -0.2) is 9.59 Å². The maximum Gasteiger partial charge on any atom is 0.334 e. The average Bonchev–Trinajstić information content (AvgIpc) is 2.24. The van der Waals surface area contributed by atoms with Gasteiger partial charge >= 0.3 is 11.9 Å². The standard InChI is InChI=1S/C13H22O4/c1-5-16-12(14)9-11(8-7-10(3)4)13(15)17-6-2/h9-10H,5-8H2,1-4H3/b11-9-. The Morgan fingerprint density at radius 3 is 2.18 bits per heavy atom. The molecule has 0 heterocycles. The molecule has 0 bridgehead atoms. The van der Waals surface area contributed by atoms with E-state index in [1.807, 2.05) is 0 Å². The highest BCUT2D eigenvalue weighted by molar-refractivity contribution is 5.96. The Morgan fingerprint density at radius 1 is 1.12 bits per heavy atom. The van der Waals surface area contributed by atoms with E-state index in [9.17, 15) is 9.59 Å². The summed E-state index contributed by atoms with van der Waals surface area (Å²) in [4.78, 5) is 22.9. The van der Waals surface area contributed by atoms with Crippen LogP contribution in [0.3, 0.4) is 0 Å². The summed E-state index contributed by atoms with van der Waals surface area (Å²) in [5.74, 6) is -0.449. The Hall–Kier alpha value is -1.32. The van der Waals surface area contributed by atoms with Crippen LogP contribution in [-0.4, -0.2) is 25.2 Å². The van der Waals surface area contributed by atoms with Crippen LogP contribution in [0.15, 0.2) is 11.6 Å². The Morgan fingerprint density at radius 2 is 1.71 bits per heavy atom. The van der Waals surface area contributed by atoms with Gasteiger partial charge in [0.05, 0.1) is 13.2 Å².